The largest absolute Gasteiger partial charge is 0.454 e. The van der Waals surface area contributed by atoms with Crippen molar-refractivity contribution in [2.45, 2.75) is 25.4 Å². The van der Waals surface area contributed by atoms with Crippen molar-refractivity contribution < 1.29 is 19.1 Å². The van der Waals surface area contributed by atoms with Crippen molar-refractivity contribution in [3.05, 3.63) is 64.4 Å². The van der Waals surface area contributed by atoms with Crippen molar-refractivity contribution in [2.24, 2.45) is 0 Å². The van der Waals surface area contributed by atoms with Crippen LogP contribution in [0.5, 0.6) is 0 Å². The predicted molar refractivity (Wildman–Crippen MR) is 110 cm³/mol. The molecule has 3 aromatic rings. The summed E-state index contributed by atoms with van der Waals surface area (Å²) < 4.78 is 5.82. The summed E-state index contributed by atoms with van der Waals surface area (Å²) in [6.07, 6.45) is 1.89. The Balaban J connectivity index is 1.34. The lowest BCUT2D eigenvalue weighted by atomic mass is 10.1. The lowest BCUT2D eigenvalue weighted by Crippen LogP contribution is -2.30. The number of amides is 2. The Hall–Kier alpha value is -4.08. The van der Waals surface area contributed by atoms with E-state index in [1.165, 1.54) is 0 Å². The molecule has 10 heteroatoms. The van der Waals surface area contributed by atoms with Gasteiger partial charge in [-0.15, -0.1) is 5.10 Å². The number of hydrogen-bond donors (Lipinski definition) is 2. The molecule has 1 fully saturated rings. The van der Waals surface area contributed by atoms with E-state index in [0.29, 0.717) is 22.2 Å². The van der Waals surface area contributed by atoms with Gasteiger partial charge in [0, 0.05) is 6.04 Å². The van der Waals surface area contributed by atoms with Gasteiger partial charge in [-0.1, -0.05) is 29.5 Å². The van der Waals surface area contributed by atoms with E-state index in [1.807, 2.05) is 0 Å². The van der Waals surface area contributed by atoms with Crippen molar-refractivity contribution in [1.29, 1.82) is 0 Å². The molecule has 2 amide bonds. The molecule has 4 rings (SSSR count). The van der Waals surface area contributed by atoms with Gasteiger partial charge in [0.1, 0.15) is 12.1 Å². The van der Waals surface area contributed by atoms with E-state index >= 15 is 0 Å². The maximum absolute atomic E-state index is 12.4. The lowest BCUT2D eigenvalue weighted by molar-refractivity contribution is -0.148. The van der Waals surface area contributed by atoms with Gasteiger partial charge in [0.2, 0.25) is 0 Å². The highest BCUT2D eigenvalue weighted by molar-refractivity contribution is 6.04. The van der Waals surface area contributed by atoms with Crippen LogP contribution < -0.4 is 16.2 Å². The average Bonchev–Trinajstić information content (AvgIpc) is 3.59. The van der Waals surface area contributed by atoms with Crippen molar-refractivity contribution in [2.75, 3.05) is 11.9 Å². The van der Waals surface area contributed by atoms with Gasteiger partial charge in [0.05, 0.1) is 16.6 Å². The van der Waals surface area contributed by atoms with Gasteiger partial charge in [-0.2, -0.15) is 4.68 Å². The third kappa shape index (κ3) is 4.92. The molecule has 0 saturated heterocycles. The Morgan fingerprint density at radius 2 is 1.81 bits per heavy atom. The first kappa shape index (κ1) is 20.2. The van der Waals surface area contributed by atoms with Crippen LogP contribution in [-0.2, 0) is 20.9 Å². The van der Waals surface area contributed by atoms with Crippen LogP contribution in [0.1, 0.15) is 23.2 Å². The first-order chi connectivity index (χ1) is 15.0. The highest BCUT2D eigenvalue weighted by atomic mass is 16.5. The molecule has 1 aliphatic carbocycles. The van der Waals surface area contributed by atoms with Crippen LogP contribution in [0.4, 0.5) is 5.69 Å². The molecule has 2 N–H and O–H groups in total. The molecule has 1 saturated carbocycles. The molecule has 0 aliphatic heterocycles. The molecular weight excluding hydrogens is 402 g/mol. The maximum atomic E-state index is 12.4. The number of carbonyl (C=O) groups excluding carboxylic acids is 3. The summed E-state index contributed by atoms with van der Waals surface area (Å²) in [7, 11) is 0. The Bertz CT molecular complexity index is 1220. The molecule has 0 atom stereocenters. The zero-order valence-electron chi connectivity index (χ0n) is 16.4. The van der Waals surface area contributed by atoms with Crippen LogP contribution in [0.15, 0.2) is 53.3 Å². The third-order valence-corrected chi connectivity index (χ3v) is 4.63. The second kappa shape index (κ2) is 8.74. The molecular formula is C21H19N5O5. The van der Waals surface area contributed by atoms with Crippen molar-refractivity contribution in [3.8, 4) is 0 Å². The summed E-state index contributed by atoms with van der Waals surface area (Å²) >= 11 is 0. The van der Waals surface area contributed by atoms with Gasteiger partial charge in [-0.25, -0.2) is 0 Å². The molecule has 1 aromatic heterocycles. The maximum Gasteiger partial charge on any atom is 0.328 e. The summed E-state index contributed by atoms with van der Waals surface area (Å²) in [6, 6.07) is 13.4. The minimum absolute atomic E-state index is 0.179. The molecule has 1 aliphatic rings. The monoisotopic (exact) mass is 421 g/mol. The first-order valence-electron chi connectivity index (χ1n) is 9.69. The summed E-state index contributed by atoms with van der Waals surface area (Å²) in [5.41, 5.74) is 0.578. The third-order valence-electron chi connectivity index (χ3n) is 4.63. The Morgan fingerprint density at radius 3 is 2.61 bits per heavy atom. The number of esters is 1. The van der Waals surface area contributed by atoms with Crippen molar-refractivity contribution >= 4 is 34.4 Å². The van der Waals surface area contributed by atoms with Crippen molar-refractivity contribution in [1.82, 2.24) is 20.3 Å². The average molecular weight is 421 g/mol. The molecule has 1 heterocycles. The zero-order valence-corrected chi connectivity index (χ0v) is 16.4. The number of para-hydroxylation sites is 1. The minimum Gasteiger partial charge on any atom is -0.454 e. The number of aromatic nitrogens is 3. The highest BCUT2D eigenvalue weighted by Gasteiger charge is 2.25. The number of anilines is 1. The number of nitrogens with one attached hydrogen (secondary N) is 2. The second-order valence-electron chi connectivity index (χ2n) is 7.07. The van der Waals surface area contributed by atoms with Gasteiger partial charge in [-0.05, 0) is 37.1 Å². The van der Waals surface area contributed by atoms with E-state index in [9.17, 15) is 19.2 Å². The number of hydrogen-bond acceptors (Lipinski definition) is 7. The number of rotatable bonds is 7. The van der Waals surface area contributed by atoms with E-state index in [2.05, 4.69) is 20.9 Å². The summed E-state index contributed by atoms with van der Waals surface area (Å²) in [4.78, 5) is 48.9. The molecule has 0 radical (unpaired) electrons. The van der Waals surface area contributed by atoms with Crippen LogP contribution >= 0.6 is 0 Å². The van der Waals surface area contributed by atoms with Gasteiger partial charge in [0.25, 0.3) is 17.4 Å². The summed E-state index contributed by atoms with van der Waals surface area (Å²) in [6.45, 7) is -1.06. The Kier molecular flexibility index (Phi) is 5.69. The number of carbonyl (C=O) groups is 3. The van der Waals surface area contributed by atoms with Crippen molar-refractivity contribution in [3.63, 3.8) is 0 Å². The van der Waals surface area contributed by atoms with Gasteiger partial charge in [-0.3, -0.25) is 19.2 Å². The fourth-order valence-corrected chi connectivity index (χ4v) is 2.91. The minimum atomic E-state index is -0.818. The normalized spacial score (nSPS) is 12.9. The van der Waals surface area contributed by atoms with Crippen LogP contribution in [0, 0.1) is 0 Å². The smallest absolute Gasteiger partial charge is 0.328 e. The molecule has 0 unspecified atom stereocenters. The SMILES string of the molecule is O=C(COC(=O)Cn1nnc2ccccc2c1=O)Nc1ccccc1C(=O)NC1CC1. The Morgan fingerprint density at radius 1 is 1.06 bits per heavy atom. The van der Waals surface area contributed by atoms with E-state index in [0.717, 1.165) is 17.5 Å². The topological polar surface area (TPSA) is 132 Å². The van der Waals surface area contributed by atoms with E-state index < -0.39 is 30.6 Å². The molecule has 10 nitrogen and oxygen atoms in total. The summed E-state index contributed by atoms with van der Waals surface area (Å²) in [5.74, 6) is -1.71. The van der Waals surface area contributed by atoms with Crippen LogP contribution in [0.25, 0.3) is 10.9 Å². The predicted octanol–water partition coefficient (Wildman–Crippen LogP) is 0.866. The summed E-state index contributed by atoms with van der Waals surface area (Å²) in [5, 5.41) is 13.3. The lowest BCUT2D eigenvalue weighted by Gasteiger charge is -2.11. The van der Waals surface area contributed by atoms with E-state index in [1.54, 1.807) is 48.5 Å². The molecule has 158 valence electrons. The fraction of sp³-hybridized carbons (Fsp3) is 0.238. The number of ether oxygens (including phenoxy) is 1. The molecule has 31 heavy (non-hydrogen) atoms. The van der Waals surface area contributed by atoms with Gasteiger partial charge in [0.15, 0.2) is 6.61 Å². The number of fused-ring (bicyclic) bond motifs is 1. The fourth-order valence-electron chi connectivity index (χ4n) is 2.91. The zero-order chi connectivity index (χ0) is 21.8. The van der Waals surface area contributed by atoms with E-state index in [-0.39, 0.29) is 11.9 Å². The number of benzene rings is 2. The van der Waals surface area contributed by atoms with Gasteiger partial charge < -0.3 is 15.4 Å². The highest BCUT2D eigenvalue weighted by Crippen LogP contribution is 2.21. The van der Waals surface area contributed by atoms with Crippen LogP contribution in [0.2, 0.25) is 0 Å². The van der Waals surface area contributed by atoms with Crippen LogP contribution in [0.3, 0.4) is 0 Å². The molecule has 0 bridgehead atoms. The molecule has 2 aromatic carbocycles. The Labute approximate surface area is 176 Å². The number of nitrogens with zero attached hydrogens (tertiary/aromatic N) is 3. The first-order valence-corrected chi connectivity index (χ1v) is 9.69. The standard InChI is InChI=1S/C21H19N5O5/c27-18(23-16-7-3-1-5-14(16)20(29)22-13-9-10-13)12-31-19(28)11-26-21(30)15-6-2-4-8-17(15)24-25-26/h1-8,13H,9-12H2,(H,22,29)(H,23,27). The van der Waals surface area contributed by atoms with Crippen LogP contribution in [-0.4, -0.2) is 45.4 Å². The second-order valence-corrected chi connectivity index (χ2v) is 7.07. The molecule has 0 spiro atoms. The van der Waals surface area contributed by atoms with E-state index in [4.69, 9.17) is 4.74 Å². The van der Waals surface area contributed by atoms with Gasteiger partial charge >= 0.3 is 5.97 Å². The quantitative estimate of drug-likeness (QED) is 0.541.